The van der Waals surface area contributed by atoms with Crippen LogP contribution in [0.3, 0.4) is 0 Å². The van der Waals surface area contributed by atoms with Gasteiger partial charge in [0, 0.05) is 16.4 Å². The van der Waals surface area contributed by atoms with Gasteiger partial charge in [-0.25, -0.2) is 4.79 Å². The van der Waals surface area contributed by atoms with Gasteiger partial charge in [-0.05, 0) is 74.9 Å². The molecule has 1 aliphatic heterocycles. The highest BCUT2D eigenvalue weighted by molar-refractivity contribution is 6.30. The second kappa shape index (κ2) is 7.51. The average Bonchev–Trinajstić information content (AvgIpc) is 2.94. The van der Waals surface area contributed by atoms with Crippen molar-refractivity contribution in [2.24, 2.45) is 0 Å². The number of hydrogen-bond acceptors (Lipinski definition) is 2. The molecule has 1 heterocycles. The van der Waals surface area contributed by atoms with Gasteiger partial charge in [0.15, 0.2) is 0 Å². The van der Waals surface area contributed by atoms with Crippen LogP contribution in [0.4, 0.5) is 16.2 Å². The van der Waals surface area contributed by atoms with E-state index in [1.54, 1.807) is 23.1 Å². The zero-order chi connectivity index (χ0) is 21.5. The fourth-order valence-electron chi connectivity index (χ4n) is 4.24. The quantitative estimate of drug-likeness (QED) is 0.491. The minimum atomic E-state index is -0.569. The van der Waals surface area contributed by atoms with E-state index in [1.165, 1.54) is 0 Å². The number of carbonyl (C=O) groups excluding carboxylic acids is 1. The molecule has 2 amide bonds. The van der Waals surface area contributed by atoms with Crippen LogP contribution in [0.1, 0.15) is 36.6 Å². The molecule has 150 valence electrons. The van der Waals surface area contributed by atoms with Crippen molar-refractivity contribution in [3.05, 3.63) is 94.5 Å². The lowest BCUT2D eigenvalue weighted by molar-refractivity contribution is 0.254. The number of carbonyl (C=O) groups is 1. The maximum atomic E-state index is 13.8. The molecule has 5 heteroatoms. The van der Waals surface area contributed by atoms with Crippen molar-refractivity contribution in [2.75, 3.05) is 9.80 Å². The van der Waals surface area contributed by atoms with Gasteiger partial charge >= 0.3 is 6.03 Å². The van der Waals surface area contributed by atoms with Gasteiger partial charge in [0.2, 0.25) is 0 Å². The van der Waals surface area contributed by atoms with E-state index in [-0.39, 0.29) is 12.1 Å². The molecule has 4 rings (SSSR count). The van der Waals surface area contributed by atoms with Crippen molar-refractivity contribution in [1.29, 1.82) is 5.26 Å². The summed E-state index contributed by atoms with van der Waals surface area (Å²) in [6.07, 6.45) is 0. The number of rotatable bonds is 3. The van der Waals surface area contributed by atoms with E-state index in [0.29, 0.717) is 10.6 Å². The summed E-state index contributed by atoms with van der Waals surface area (Å²) in [4.78, 5) is 17.4. The summed E-state index contributed by atoms with van der Waals surface area (Å²) < 4.78 is 0. The molecule has 0 spiro atoms. The summed E-state index contributed by atoms with van der Waals surface area (Å²) in [7, 11) is 0. The largest absolute Gasteiger partial charge is 0.330 e. The second-order valence-corrected chi connectivity index (χ2v) is 8.53. The zero-order valence-electron chi connectivity index (χ0n) is 17.1. The van der Waals surface area contributed by atoms with E-state index < -0.39 is 5.54 Å². The van der Waals surface area contributed by atoms with E-state index >= 15 is 0 Å². The van der Waals surface area contributed by atoms with Crippen LogP contribution in [-0.2, 0) is 0 Å². The normalized spacial score (nSPS) is 17.8. The van der Waals surface area contributed by atoms with Gasteiger partial charge < -0.3 is 0 Å². The fourth-order valence-corrected chi connectivity index (χ4v) is 4.36. The molecule has 0 N–H and O–H groups in total. The Hall–Kier alpha value is -3.29. The molecule has 0 aliphatic carbocycles. The smallest absolute Gasteiger partial charge is 0.286 e. The lowest BCUT2D eigenvalue weighted by Gasteiger charge is -2.35. The summed E-state index contributed by atoms with van der Waals surface area (Å²) >= 11 is 6.09. The molecule has 0 aromatic heterocycles. The van der Waals surface area contributed by atoms with Crippen LogP contribution in [-0.4, -0.2) is 11.6 Å². The monoisotopic (exact) mass is 415 g/mol. The highest BCUT2D eigenvalue weighted by Crippen LogP contribution is 2.47. The molecular weight excluding hydrogens is 394 g/mol. The van der Waals surface area contributed by atoms with Gasteiger partial charge in [-0.1, -0.05) is 41.4 Å². The van der Waals surface area contributed by atoms with E-state index in [4.69, 9.17) is 11.6 Å². The Labute approximate surface area is 181 Å². The summed E-state index contributed by atoms with van der Waals surface area (Å²) in [5.41, 5.74) is 3.65. The SMILES string of the molecule is Cc1ccc(N2C(=O)N(c3ccc(Cl)cc3)C(c3cccc(C#N)c3)C2(C)C)cc1. The number of amides is 2. The maximum absolute atomic E-state index is 13.8. The van der Waals surface area contributed by atoms with E-state index in [0.717, 1.165) is 22.5 Å². The third kappa shape index (κ3) is 3.32. The topological polar surface area (TPSA) is 47.3 Å². The number of hydrogen-bond donors (Lipinski definition) is 0. The number of anilines is 2. The van der Waals surface area contributed by atoms with Crippen molar-refractivity contribution in [3.63, 3.8) is 0 Å². The molecule has 30 heavy (non-hydrogen) atoms. The molecule has 1 unspecified atom stereocenters. The van der Waals surface area contributed by atoms with Gasteiger partial charge in [-0.2, -0.15) is 5.26 Å². The number of aryl methyl sites for hydroxylation is 1. The number of benzene rings is 3. The van der Waals surface area contributed by atoms with Crippen molar-refractivity contribution in [3.8, 4) is 6.07 Å². The molecule has 0 radical (unpaired) electrons. The van der Waals surface area contributed by atoms with Gasteiger partial charge in [0.25, 0.3) is 0 Å². The molecule has 3 aromatic carbocycles. The van der Waals surface area contributed by atoms with Gasteiger partial charge in [-0.3, -0.25) is 9.80 Å². The lowest BCUT2D eigenvalue weighted by atomic mass is 9.87. The molecule has 1 saturated heterocycles. The first kappa shape index (κ1) is 20.0. The standard InChI is InChI=1S/C25H22ClN3O/c1-17-7-11-22(12-8-17)29-24(30)28(21-13-9-20(26)10-14-21)23(25(29,2)3)19-6-4-5-18(15-19)16-27/h4-15,23H,1-3H3. The molecular formula is C25H22ClN3O. The van der Waals surface area contributed by atoms with Crippen LogP contribution in [0.15, 0.2) is 72.8 Å². The first-order valence-corrected chi connectivity index (χ1v) is 10.2. The third-order valence-corrected chi connectivity index (χ3v) is 5.88. The minimum Gasteiger partial charge on any atom is -0.286 e. The number of urea groups is 1. The number of nitrogens with zero attached hydrogens (tertiary/aromatic N) is 3. The summed E-state index contributed by atoms with van der Waals surface area (Å²) in [6.45, 7) is 6.14. The molecule has 1 fully saturated rings. The highest BCUT2D eigenvalue weighted by atomic mass is 35.5. The Morgan fingerprint density at radius 3 is 2.23 bits per heavy atom. The van der Waals surface area contributed by atoms with Crippen LogP contribution in [0.25, 0.3) is 0 Å². The Kier molecular flexibility index (Phi) is 5.01. The summed E-state index contributed by atoms with van der Waals surface area (Å²) in [5, 5.41) is 10.0. The van der Waals surface area contributed by atoms with Crippen LogP contribution in [0, 0.1) is 18.3 Å². The third-order valence-electron chi connectivity index (χ3n) is 5.63. The van der Waals surface area contributed by atoms with E-state index in [2.05, 4.69) is 19.9 Å². The van der Waals surface area contributed by atoms with E-state index in [1.807, 2.05) is 66.4 Å². The maximum Gasteiger partial charge on any atom is 0.330 e. The van der Waals surface area contributed by atoms with Crippen molar-refractivity contribution < 1.29 is 4.79 Å². The summed E-state index contributed by atoms with van der Waals surface area (Å²) in [6, 6.07) is 24.5. The summed E-state index contributed by atoms with van der Waals surface area (Å²) in [5.74, 6) is 0. The van der Waals surface area contributed by atoms with Crippen molar-refractivity contribution >= 4 is 29.0 Å². The number of nitriles is 1. The van der Waals surface area contributed by atoms with Crippen LogP contribution in [0.5, 0.6) is 0 Å². The van der Waals surface area contributed by atoms with Crippen molar-refractivity contribution in [2.45, 2.75) is 32.4 Å². The highest BCUT2D eigenvalue weighted by Gasteiger charge is 2.53. The van der Waals surface area contributed by atoms with Crippen LogP contribution >= 0.6 is 11.6 Å². The lowest BCUT2D eigenvalue weighted by Crippen LogP contribution is -2.43. The Balaban J connectivity index is 1.90. The molecule has 1 atom stereocenters. The van der Waals surface area contributed by atoms with Crippen LogP contribution in [0.2, 0.25) is 5.02 Å². The zero-order valence-corrected chi connectivity index (χ0v) is 17.9. The molecule has 3 aromatic rings. The first-order chi connectivity index (χ1) is 14.3. The van der Waals surface area contributed by atoms with Gasteiger partial charge in [0.1, 0.15) is 0 Å². The van der Waals surface area contributed by atoms with Gasteiger partial charge in [-0.15, -0.1) is 0 Å². The van der Waals surface area contributed by atoms with Gasteiger partial charge in [0.05, 0.1) is 23.2 Å². The Morgan fingerprint density at radius 2 is 1.60 bits per heavy atom. The predicted molar refractivity (Wildman–Crippen MR) is 121 cm³/mol. The van der Waals surface area contributed by atoms with Crippen molar-refractivity contribution in [1.82, 2.24) is 0 Å². The first-order valence-electron chi connectivity index (χ1n) is 9.78. The number of halogens is 1. The predicted octanol–water partition coefficient (Wildman–Crippen LogP) is 6.49. The molecule has 0 bridgehead atoms. The molecule has 4 nitrogen and oxygen atoms in total. The minimum absolute atomic E-state index is 0.112. The average molecular weight is 416 g/mol. The Morgan fingerprint density at radius 1 is 0.967 bits per heavy atom. The van der Waals surface area contributed by atoms with Crippen LogP contribution < -0.4 is 9.80 Å². The molecule has 0 saturated carbocycles. The fraction of sp³-hybridized carbons (Fsp3) is 0.200. The molecule has 1 aliphatic rings. The second-order valence-electron chi connectivity index (χ2n) is 8.09. The van der Waals surface area contributed by atoms with E-state index in [9.17, 15) is 10.1 Å². The Bertz CT molecular complexity index is 1130.